The van der Waals surface area contributed by atoms with Crippen molar-refractivity contribution in [3.63, 3.8) is 0 Å². The van der Waals surface area contributed by atoms with Gasteiger partial charge in [0, 0.05) is 42.7 Å². The lowest BCUT2D eigenvalue weighted by molar-refractivity contribution is 0.00179. The monoisotopic (exact) mass is 466 g/mol. The van der Waals surface area contributed by atoms with Crippen LogP contribution in [-0.4, -0.2) is 49.1 Å². The summed E-state index contributed by atoms with van der Waals surface area (Å²) in [5.41, 5.74) is 9.23. The molecule has 1 unspecified atom stereocenters. The van der Waals surface area contributed by atoms with Gasteiger partial charge in [-0.05, 0) is 42.0 Å². The van der Waals surface area contributed by atoms with Crippen LogP contribution in [0.5, 0.6) is 0 Å². The van der Waals surface area contributed by atoms with Crippen molar-refractivity contribution in [2.45, 2.75) is 12.7 Å². The quantitative estimate of drug-likeness (QED) is 0.363. The van der Waals surface area contributed by atoms with Crippen molar-refractivity contribution in [1.82, 2.24) is 9.55 Å². The van der Waals surface area contributed by atoms with Crippen LogP contribution in [-0.2, 0) is 4.74 Å². The Morgan fingerprint density at radius 2 is 2.15 bits per heavy atom. The van der Waals surface area contributed by atoms with Gasteiger partial charge in [-0.2, -0.15) is 0 Å². The van der Waals surface area contributed by atoms with Gasteiger partial charge in [-0.25, -0.2) is 13.8 Å². The lowest BCUT2D eigenvalue weighted by atomic mass is 10.0. The van der Waals surface area contributed by atoms with Gasteiger partial charge in [0.05, 0.1) is 11.9 Å². The Morgan fingerprint density at radius 3 is 2.82 bits per heavy atom. The average molecular weight is 466 g/mol. The van der Waals surface area contributed by atoms with Crippen molar-refractivity contribution in [2.75, 3.05) is 37.1 Å². The molecule has 8 nitrogen and oxygen atoms in total. The Labute approximate surface area is 194 Å². The Bertz CT molecular complexity index is 1300. The van der Waals surface area contributed by atoms with E-state index in [9.17, 15) is 13.6 Å². The fourth-order valence-electron chi connectivity index (χ4n) is 3.67. The van der Waals surface area contributed by atoms with Crippen molar-refractivity contribution in [1.29, 1.82) is 0 Å². The molecule has 34 heavy (non-hydrogen) atoms. The number of benzene rings is 1. The van der Waals surface area contributed by atoms with Gasteiger partial charge in [-0.3, -0.25) is 14.4 Å². The Balaban J connectivity index is 1.88. The molecule has 3 heterocycles. The largest absolute Gasteiger partial charge is 0.398 e. The first-order valence-electron chi connectivity index (χ1n) is 10.5. The molecule has 4 rings (SSSR count). The van der Waals surface area contributed by atoms with Crippen LogP contribution in [0, 0.1) is 0 Å². The number of hydrogen-bond acceptors (Lipinski definition) is 7. The SMILES string of the molecule is CN=Cc1cc(-c2cc3c(n(-c4ccc(NC)nc4)c2=O)NC(OCC(F)F)C=C3)ccc1N. The first-order valence-corrected chi connectivity index (χ1v) is 10.5. The summed E-state index contributed by atoms with van der Waals surface area (Å²) in [6.45, 7) is -0.731. The molecule has 0 saturated carbocycles. The van der Waals surface area contributed by atoms with Gasteiger partial charge in [0.1, 0.15) is 24.5 Å². The molecule has 0 fully saturated rings. The van der Waals surface area contributed by atoms with Gasteiger partial charge in [0.15, 0.2) is 0 Å². The van der Waals surface area contributed by atoms with E-state index in [0.717, 1.165) is 0 Å². The van der Waals surface area contributed by atoms with Crippen LogP contribution < -0.4 is 21.9 Å². The minimum absolute atomic E-state index is 0.322. The van der Waals surface area contributed by atoms with Crippen molar-refractivity contribution in [3.8, 4) is 16.8 Å². The van der Waals surface area contributed by atoms with E-state index in [4.69, 9.17) is 10.5 Å². The van der Waals surface area contributed by atoms with Crippen LogP contribution in [0.2, 0.25) is 0 Å². The molecule has 1 aliphatic rings. The number of fused-ring (bicyclic) bond motifs is 1. The Hall–Kier alpha value is -4.05. The second-order valence-electron chi connectivity index (χ2n) is 7.53. The summed E-state index contributed by atoms with van der Waals surface area (Å²) in [5.74, 6) is 1.05. The molecule has 1 atom stereocenters. The lowest BCUT2D eigenvalue weighted by Gasteiger charge is -2.26. The minimum atomic E-state index is -2.61. The zero-order chi connectivity index (χ0) is 24.2. The fraction of sp³-hybridized carbons (Fsp3) is 0.208. The number of nitrogens with zero attached hydrogens (tertiary/aromatic N) is 3. The second-order valence-corrected chi connectivity index (χ2v) is 7.53. The standard InChI is InChI=1S/C24H24F2N6O2/c1-28-11-16-9-14(3-6-19(16)27)18-10-15-4-8-22(34-13-20(25)26)31-23(15)32(24(18)33)17-5-7-21(29-2)30-12-17/h3-12,20,22,31H,13,27H2,1-2H3,(H,29,30). The third-order valence-corrected chi connectivity index (χ3v) is 5.29. The molecular formula is C24H24F2N6O2. The maximum atomic E-state index is 13.8. The van der Waals surface area contributed by atoms with E-state index in [-0.39, 0.29) is 5.56 Å². The molecule has 2 aromatic heterocycles. The molecule has 3 aromatic rings. The van der Waals surface area contributed by atoms with Crippen LogP contribution in [0.3, 0.4) is 0 Å². The number of halogens is 2. The Kier molecular flexibility index (Phi) is 6.69. The Morgan fingerprint density at radius 1 is 1.32 bits per heavy atom. The maximum absolute atomic E-state index is 13.8. The molecule has 0 radical (unpaired) electrons. The number of nitrogens with two attached hydrogens (primary N) is 1. The molecule has 10 heteroatoms. The topological polar surface area (TPSA) is 107 Å². The van der Waals surface area contributed by atoms with Crippen LogP contribution in [0.1, 0.15) is 11.1 Å². The minimum Gasteiger partial charge on any atom is -0.398 e. The van der Waals surface area contributed by atoms with E-state index in [1.807, 2.05) is 0 Å². The summed E-state index contributed by atoms with van der Waals surface area (Å²) < 4.78 is 32.0. The number of hydrogen-bond donors (Lipinski definition) is 3. The highest BCUT2D eigenvalue weighted by molar-refractivity contribution is 5.89. The highest BCUT2D eigenvalue weighted by atomic mass is 19.3. The summed E-state index contributed by atoms with van der Waals surface area (Å²) in [6.07, 6.45) is 3.14. The molecule has 4 N–H and O–H groups in total. The van der Waals surface area contributed by atoms with Gasteiger partial charge < -0.3 is 21.1 Å². The van der Waals surface area contributed by atoms with E-state index in [0.29, 0.717) is 45.3 Å². The van der Waals surface area contributed by atoms with Gasteiger partial charge >= 0.3 is 0 Å². The second kappa shape index (κ2) is 9.84. The molecular weight excluding hydrogens is 442 g/mol. The number of nitrogens with one attached hydrogen (secondary N) is 2. The van der Waals surface area contributed by atoms with Crippen molar-refractivity contribution >= 4 is 29.6 Å². The van der Waals surface area contributed by atoms with Gasteiger partial charge in [-0.15, -0.1) is 0 Å². The highest BCUT2D eigenvalue weighted by Crippen LogP contribution is 2.30. The first-order chi connectivity index (χ1) is 16.4. The average Bonchev–Trinajstić information content (AvgIpc) is 2.84. The lowest BCUT2D eigenvalue weighted by Crippen LogP contribution is -2.32. The predicted octanol–water partition coefficient (Wildman–Crippen LogP) is 3.62. The number of aliphatic imine (C=N–C) groups is 1. The summed E-state index contributed by atoms with van der Waals surface area (Å²) in [5, 5.41) is 5.98. The molecule has 0 saturated heterocycles. The van der Waals surface area contributed by atoms with Crippen LogP contribution in [0.4, 0.5) is 26.1 Å². The normalized spacial score (nSPS) is 14.9. The predicted molar refractivity (Wildman–Crippen MR) is 131 cm³/mol. The smallest absolute Gasteiger partial charge is 0.264 e. The molecule has 0 spiro atoms. The van der Waals surface area contributed by atoms with E-state index < -0.39 is 19.3 Å². The maximum Gasteiger partial charge on any atom is 0.264 e. The van der Waals surface area contributed by atoms with Gasteiger partial charge in [0.2, 0.25) is 0 Å². The van der Waals surface area contributed by atoms with E-state index in [2.05, 4.69) is 20.6 Å². The number of pyridine rings is 2. The summed E-state index contributed by atoms with van der Waals surface area (Å²) in [4.78, 5) is 22.1. The van der Waals surface area contributed by atoms with Crippen molar-refractivity contribution in [3.05, 3.63) is 70.2 Å². The van der Waals surface area contributed by atoms with Crippen molar-refractivity contribution in [2.24, 2.45) is 4.99 Å². The molecule has 0 aliphatic carbocycles. The summed E-state index contributed by atoms with van der Waals surface area (Å²) in [6, 6.07) is 10.5. The first kappa shape index (κ1) is 23.1. The molecule has 0 amide bonds. The molecule has 1 aliphatic heterocycles. The van der Waals surface area contributed by atoms with Crippen LogP contribution in [0.15, 0.2) is 58.5 Å². The third-order valence-electron chi connectivity index (χ3n) is 5.29. The zero-order valence-electron chi connectivity index (χ0n) is 18.6. The van der Waals surface area contributed by atoms with E-state index in [1.165, 1.54) is 4.57 Å². The number of nitrogen functional groups attached to an aromatic ring is 1. The summed E-state index contributed by atoms with van der Waals surface area (Å²) >= 11 is 0. The zero-order valence-corrected chi connectivity index (χ0v) is 18.6. The van der Waals surface area contributed by atoms with E-state index >= 15 is 0 Å². The number of aromatic nitrogens is 2. The molecule has 1 aromatic carbocycles. The number of ether oxygens (including phenoxy) is 1. The number of anilines is 3. The number of alkyl halides is 2. The van der Waals surface area contributed by atoms with Crippen molar-refractivity contribution < 1.29 is 13.5 Å². The highest BCUT2D eigenvalue weighted by Gasteiger charge is 2.22. The van der Waals surface area contributed by atoms with Gasteiger partial charge in [-0.1, -0.05) is 12.1 Å². The number of rotatable bonds is 7. The van der Waals surface area contributed by atoms with Gasteiger partial charge in [0.25, 0.3) is 12.0 Å². The van der Waals surface area contributed by atoms with Crippen LogP contribution in [0.25, 0.3) is 22.9 Å². The van der Waals surface area contributed by atoms with E-state index in [1.54, 1.807) is 75.1 Å². The molecule has 0 bridgehead atoms. The molecule has 176 valence electrons. The van der Waals surface area contributed by atoms with Crippen LogP contribution >= 0.6 is 0 Å². The third kappa shape index (κ3) is 4.67. The fourth-order valence-corrected chi connectivity index (χ4v) is 3.67. The summed E-state index contributed by atoms with van der Waals surface area (Å²) in [7, 11) is 3.38.